The third kappa shape index (κ3) is 4.03. The van der Waals surface area contributed by atoms with Gasteiger partial charge in [0.2, 0.25) is 5.91 Å². The molecule has 0 saturated carbocycles. The van der Waals surface area contributed by atoms with Crippen molar-refractivity contribution in [2.45, 2.75) is 12.5 Å². The van der Waals surface area contributed by atoms with Crippen LogP contribution in [0.25, 0.3) is 0 Å². The number of carbonyl (C=O) groups excluding carboxylic acids is 1. The van der Waals surface area contributed by atoms with E-state index in [9.17, 15) is 4.79 Å². The van der Waals surface area contributed by atoms with Gasteiger partial charge in [0.25, 0.3) is 0 Å². The van der Waals surface area contributed by atoms with Gasteiger partial charge in [-0.05, 0) is 5.56 Å². The molecular formula is C17H24N2O2S. The Morgan fingerprint density at radius 2 is 1.95 bits per heavy atom. The summed E-state index contributed by atoms with van der Waals surface area (Å²) in [5.41, 5.74) is 1.37. The fourth-order valence-electron chi connectivity index (χ4n) is 3.10. The van der Waals surface area contributed by atoms with Crippen molar-refractivity contribution in [1.29, 1.82) is 0 Å². The zero-order chi connectivity index (χ0) is 15.2. The second kappa shape index (κ2) is 7.99. The van der Waals surface area contributed by atoms with Gasteiger partial charge in [-0.25, -0.2) is 0 Å². The molecule has 2 heterocycles. The number of hydrogen-bond donors (Lipinski definition) is 0. The second-order valence-corrected chi connectivity index (χ2v) is 6.93. The first-order chi connectivity index (χ1) is 10.8. The van der Waals surface area contributed by atoms with E-state index in [-0.39, 0.29) is 5.91 Å². The van der Waals surface area contributed by atoms with Crippen molar-refractivity contribution < 1.29 is 9.53 Å². The molecule has 5 heteroatoms. The topological polar surface area (TPSA) is 32.8 Å². The zero-order valence-electron chi connectivity index (χ0n) is 12.9. The van der Waals surface area contributed by atoms with E-state index in [1.807, 2.05) is 16.7 Å². The maximum absolute atomic E-state index is 12.3. The van der Waals surface area contributed by atoms with Gasteiger partial charge in [-0.3, -0.25) is 9.69 Å². The highest BCUT2D eigenvalue weighted by atomic mass is 32.2. The lowest BCUT2D eigenvalue weighted by atomic mass is 10.1. The first-order valence-corrected chi connectivity index (χ1v) is 9.22. The molecule has 1 aromatic carbocycles. The predicted molar refractivity (Wildman–Crippen MR) is 90.1 cm³/mol. The number of ether oxygens (including phenoxy) is 1. The summed E-state index contributed by atoms with van der Waals surface area (Å²) in [6, 6.07) is 11.1. The summed E-state index contributed by atoms with van der Waals surface area (Å²) in [5.74, 6) is 2.55. The summed E-state index contributed by atoms with van der Waals surface area (Å²) in [5, 5.41) is 0. The fraction of sp³-hybridized carbons (Fsp3) is 0.588. The van der Waals surface area contributed by atoms with Crippen LogP contribution in [0.5, 0.6) is 0 Å². The highest BCUT2D eigenvalue weighted by Gasteiger charge is 2.25. The van der Waals surface area contributed by atoms with Crippen LogP contribution >= 0.6 is 11.8 Å². The second-order valence-electron chi connectivity index (χ2n) is 5.78. The number of benzene rings is 1. The largest absolute Gasteiger partial charge is 0.378 e. The molecule has 0 N–H and O–H groups in total. The highest BCUT2D eigenvalue weighted by Crippen LogP contribution is 2.29. The lowest BCUT2D eigenvalue weighted by molar-refractivity contribution is -0.135. The third-order valence-electron chi connectivity index (χ3n) is 4.40. The number of thioether (sulfide) groups is 1. The molecule has 2 fully saturated rings. The van der Waals surface area contributed by atoms with Gasteiger partial charge in [0.15, 0.2) is 0 Å². The van der Waals surface area contributed by atoms with Crippen LogP contribution in [0, 0.1) is 0 Å². The maximum Gasteiger partial charge on any atom is 0.224 e. The van der Waals surface area contributed by atoms with Crippen molar-refractivity contribution >= 4 is 17.7 Å². The summed E-state index contributed by atoms with van der Waals surface area (Å²) in [6.07, 6.45) is 0.619. The van der Waals surface area contributed by atoms with Crippen LogP contribution < -0.4 is 0 Å². The van der Waals surface area contributed by atoms with Gasteiger partial charge < -0.3 is 9.64 Å². The van der Waals surface area contributed by atoms with Crippen molar-refractivity contribution in [1.82, 2.24) is 9.80 Å². The van der Waals surface area contributed by atoms with E-state index in [4.69, 9.17) is 4.74 Å². The van der Waals surface area contributed by atoms with Crippen LogP contribution in [0.4, 0.5) is 0 Å². The molecule has 3 rings (SSSR count). The number of hydrogen-bond acceptors (Lipinski definition) is 4. The predicted octanol–water partition coefficient (Wildman–Crippen LogP) is 2.03. The van der Waals surface area contributed by atoms with Crippen molar-refractivity contribution in [2.24, 2.45) is 0 Å². The molecule has 120 valence electrons. The Morgan fingerprint density at radius 1 is 1.18 bits per heavy atom. The smallest absolute Gasteiger partial charge is 0.224 e. The molecule has 2 aliphatic heterocycles. The highest BCUT2D eigenvalue weighted by molar-refractivity contribution is 7.99. The number of amides is 1. The van der Waals surface area contributed by atoms with Gasteiger partial charge in [0, 0.05) is 50.1 Å². The molecule has 4 nitrogen and oxygen atoms in total. The summed E-state index contributed by atoms with van der Waals surface area (Å²) in [6.45, 7) is 4.78. The molecule has 0 aliphatic carbocycles. The molecule has 0 radical (unpaired) electrons. The van der Waals surface area contributed by atoms with E-state index in [0.717, 1.165) is 37.7 Å². The Morgan fingerprint density at radius 3 is 2.73 bits per heavy atom. The van der Waals surface area contributed by atoms with Crippen LogP contribution in [0.1, 0.15) is 18.0 Å². The molecular weight excluding hydrogens is 296 g/mol. The fourth-order valence-corrected chi connectivity index (χ4v) is 4.25. The van der Waals surface area contributed by atoms with E-state index in [1.54, 1.807) is 0 Å². The summed E-state index contributed by atoms with van der Waals surface area (Å²) in [4.78, 5) is 16.7. The van der Waals surface area contributed by atoms with Crippen LogP contribution in [0.3, 0.4) is 0 Å². The maximum atomic E-state index is 12.3. The quantitative estimate of drug-likeness (QED) is 0.850. The molecule has 1 amide bonds. The average Bonchev–Trinajstić information content (AvgIpc) is 2.61. The first-order valence-electron chi connectivity index (χ1n) is 8.07. The number of nitrogens with zero attached hydrogens (tertiary/aromatic N) is 2. The molecule has 0 bridgehead atoms. The van der Waals surface area contributed by atoms with Crippen molar-refractivity contribution in [3.63, 3.8) is 0 Å². The normalized spacial score (nSPS) is 23.5. The first kappa shape index (κ1) is 15.8. The van der Waals surface area contributed by atoms with Gasteiger partial charge in [-0.1, -0.05) is 30.3 Å². The minimum atomic E-state index is 0.272. The molecule has 2 aliphatic rings. The van der Waals surface area contributed by atoms with E-state index in [0.29, 0.717) is 25.7 Å². The van der Waals surface area contributed by atoms with E-state index in [2.05, 4.69) is 35.2 Å². The van der Waals surface area contributed by atoms with Crippen molar-refractivity contribution in [2.75, 3.05) is 50.9 Å². The molecule has 1 unspecified atom stereocenters. The lowest BCUT2D eigenvalue weighted by Crippen LogP contribution is -2.43. The van der Waals surface area contributed by atoms with Crippen LogP contribution in [-0.2, 0) is 9.53 Å². The summed E-state index contributed by atoms with van der Waals surface area (Å²) >= 11 is 2.01. The minimum absolute atomic E-state index is 0.272. The lowest BCUT2D eigenvalue weighted by Gasteiger charge is -2.36. The SMILES string of the molecule is O=C(CCN1CCSCC1c1ccccc1)N1CCOCC1. The van der Waals surface area contributed by atoms with Gasteiger partial charge >= 0.3 is 0 Å². The van der Waals surface area contributed by atoms with Crippen LogP contribution in [0.15, 0.2) is 30.3 Å². The average molecular weight is 320 g/mol. The van der Waals surface area contributed by atoms with E-state index >= 15 is 0 Å². The standard InChI is InChI=1S/C17H24N2O2S/c20-17(19-8-11-21-12-9-19)6-7-18-10-13-22-14-16(18)15-4-2-1-3-5-15/h1-5,16H,6-14H2. The minimum Gasteiger partial charge on any atom is -0.378 e. The van der Waals surface area contributed by atoms with Crippen molar-refractivity contribution in [3.8, 4) is 0 Å². The molecule has 0 spiro atoms. The van der Waals surface area contributed by atoms with Gasteiger partial charge in [-0.15, -0.1) is 0 Å². The van der Waals surface area contributed by atoms with Crippen molar-refractivity contribution in [3.05, 3.63) is 35.9 Å². The van der Waals surface area contributed by atoms with Gasteiger partial charge in [0.1, 0.15) is 0 Å². The number of rotatable bonds is 4. The molecule has 1 atom stereocenters. The van der Waals surface area contributed by atoms with Gasteiger partial charge in [0.05, 0.1) is 13.2 Å². The molecule has 22 heavy (non-hydrogen) atoms. The van der Waals surface area contributed by atoms with E-state index < -0.39 is 0 Å². The Bertz CT molecular complexity index is 477. The number of carbonyl (C=O) groups is 1. The molecule has 2 saturated heterocycles. The van der Waals surface area contributed by atoms with Gasteiger partial charge in [-0.2, -0.15) is 11.8 Å². The van der Waals surface area contributed by atoms with Crippen LogP contribution in [0.2, 0.25) is 0 Å². The third-order valence-corrected chi connectivity index (χ3v) is 5.42. The summed E-state index contributed by atoms with van der Waals surface area (Å²) in [7, 11) is 0. The summed E-state index contributed by atoms with van der Waals surface area (Å²) < 4.78 is 5.31. The molecule has 0 aromatic heterocycles. The van der Waals surface area contributed by atoms with E-state index in [1.165, 1.54) is 5.56 Å². The monoisotopic (exact) mass is 320 g/mol. The Hall–Kier alpha value is -1.04. The Labute approximate surface area is 136 Å². The molecule has 1 aromatic rings. The Kier molecular flexibility index (Phi) is 5.76. The Balaban J connectivity index is 1.56. The van der Waals surface area contributed by atoms with Crippen LogP contribution in [-0.4, -0.2) is 66.6 Å². The zero-order valence-corrected chi connectivity index (χ0v) is 13.8. The number of morpholine rings is 1.